The summed E-state index contributed by atoms with van der Waals surface area (Å²) < 4.78 is 66.7. The first-order chi connectivity index (χ1) is 16.0. The minimum atomic E-state index is -4.83. The van der Waals surface area contributed by atoms with Crippen molar-refractivity contribution in [3.63, 3.8) is 0 Å². The van der Waals surface area contributed by atoms with Crippen LogP contribution in [0, 0.1) is 0 Å². The van der Waals surface area contributed by atoms with E-state index in [9.17, 15) is 21.6 Å². The van der Waals surface area contributed by atoms with E-state index in [1.807, 2.05) is 16.3 Å². The third kappa shape index (κ3) is 5.97. The van der Waals surface area contributed by atoms with Crippen LogP contribution in [0.4, 0.5) is 18.3 Å². The molecule has 1 saturated heterocycles. The van der Waals surface area contributed by atoms with Crippen LogP contribution in [0.25, 0.3) is 0 Å². The number of ether oxygens (including phenoxy) is 1. The van der Waals surface area contributed by atoms with Gasteiger partial charge >= 0.3 is 6.36 Å². The molecule has 1 aliphatic heterocycles. The van der Waals surface area contributed by atoms with Crippen molar-refractivity contribution in [1.29, 1.82) is 0 Å². The first-order valence-corrected chi connectivity index (χ1v) is 13.4. The average Bonchev–Trinajstić information content (AvgIpc) is 3.24. The third-order valence-corrected chi connectivity index (χ3v) is 9.28. The zero-order valence-corrected chi connectivity index (χ0v) is 20.7. The highest BCUT2D eigenvalue weighted by Crippen LogP contribution is 2.32. The molecule has 1 aliphatic rings. The largest absolute Gasteiger partial charge is 0.573 e. The Bertz CT molecular complexity index is 1260. The molecule has 34 heavy (non-hydrogen) atoms. The minimum absolute atomic E-state index is 0.0168. The molecule has 0 radical (unpaired) electrons. The fourth-order valence-corrected chi connectivity index (χ4v) is 6.85. The van der Waals surface area contributed by atoms with Gasteiger partial charge in [0, 0.05) is 34.9 Å². The van der Waals surface area contributed by atoms with Gasteiger partial charge in [-0.3, -0.25) is 0 Å². The average molecular weight is 551 g/mol. The Morgan fingerprint density at radius 3 is 2.38 bits per heavy atom. The SMILES string of the molecule is O=S(=O)(c1ccc(OC(F)(F)F)cc1)C1CCN(c2nc(Cc3ccc(Cl)cc3Cl)cs2)CC1. The van der Waals surface area contributed by atoms with Crippen molar-refractivity contribution in [1.82, 2.24) is 4.98 Å². The summed E-state index contributed by atoms with van der Waals surface area (Å²) in [6.07, 6.45) is -3.49. The molecule has 0 amide bonds. The number of hydrogen-bond donors (Lipinski definition) is 0. The Kier molecular flexibility index (Phi) is 7.33. The van der Waals surface area contributed by atoms with Gasteiger partial charge in [-0.15, -0.1) is 24.5 Å². The van der Waals surface area contributed by atoms with Gasteiger partial charge in [-0.05, 0) is 54.8 Å². The van der Waals surface area contributed by atoms with Crippen LogP contribution >= 0.6 is 34.5 Å². The van der Waals surface area contributed by atoms with Crippen LogP contribution in [0.3, 0.4) is 0 Å². The molecule has 3 aromatic rings. The molecule has 4 rings (SSSR count). The fourth-order valence-electron chi connectivity index (χ4n) is 3.76. The summed E-state index contributed by atoms with van der Waals surface area (Å²) in [7, 11) is -3.68. The zero-order chi connectivity index (χ0) is 24.5. The number of rotatable bonds is 6. The van der Waals surface area contributed by atoms with Crippen molar-refractivity contribution < 1.29 is 26.3 Å². The molecule has 1 aromatic heterocycles. The Hall–Kier alpha value is -2.01. The fraction of sp³-hybridized carbons (Fsp3) is 0.318. The molecule has 0 unspecified atom stereocenters. The van der Waals surface area contributed by atoms with Crippen molar-refractivity contribution in [3.05, 3.63) is 69.1 Å². The van der Waals surface area contributed by atoms with Gasteiger partial charge in [0.2, 0.25) is 0 Å². The van der Waals surface area contributed by atoms with E-state index in [0.29, 0.717) is 42.4 Å². The number of nitrogens with zero attached hydrogens (tertiary/aromatic N) is 2. The highest BCUT2D eigenvalue weighted by molar-refractivity contribution is 7.92. The number of alkyl halides is 3. The van der Waals surface area contributed by atoms with Gasteiger partial charge in [-0.25, -0.2) is 13.4 Å². The summed E-state index contributed by atoms with van der Waals surface area (Å²) in [5, 5.41) is 3.28. The summed E-state index contributed by atoms with van der Waals surface area (Å²) in [5.41, 5.74) is 1.78. The van der Waals surface area contributed by atoms with E-state index in [0.717, 1.165) is 40.7 Å². The summed E-state index contributed by atoms with van der Waals surface area (Å²) in [6, 6.07) is 9.66. The Balaban J connectivity index is 1.37. The van der Waals surface area contributed by atoms with Crippen LogP contribution < -0.4 is 9.64 Å². The smallest absolute Gasteiger partial charge is 0.406 e. The number of halogens is 5. The van der Waals surface area contributed by atoms with Crippen molar-refractivity contribution >= 4 is 49.5 Å². The number of piperidine rings is 1. The summed E-state index contributed by atoms with van der Waals surface area (Å²) in [6.45, 7) is 1.02. The van der Waals surface area contributed by atoms with Crippen LogP contribution in [-0.4, -0.2) is 38.1 Å². The van der Waals surface area contributed by atoms with E-state index < -0.39 is 27.2 Å². The molecule has 0 aliphatic carbocycles. The topological polar surface area (TPSA) is 59.5 Å². The molecule has 12 heteroatoms. The van der Waals surface area contributed by atoms with Crippen LogP contribution in [-0.2, 0) is 16.3 Å². The number of benzene rings is 2. The van der Waals surface area contributed by atoms with Crippen LogP contribution in [0.1, 0.15) is 24.1 Å². The monoisotopic (exact) mass is 550 g/mol. The number of thiazole rings is 1. The molecule has 0 spiro atoms. The quantitative estimate of drug-likeness (QED) is 0.356. The highest BCUT2D eigenvalue weighted by atomic mass is 35.5. The van der Waals surface area contributed by atoms with Crippen molar-refractivity contribution in [2.75, 3.05) is 18.0 Å². The minimum Gasteiger partial charge on any atom is -0.406 e. The molecule has 0 bridgehead atoms. The first-order valence-electron chi connectivity index (χ1n) is 10.2. The lowest BCUT2D eigenvalue weighted by Crippen LogP contribution is -2.39. The third-order valence-electron chi connectivity index (χ3n) is 5.46. The number of aromatic nitrogens is 1. The van der Waals surface area contributed by atoms with E-state index in [1.165, 1.54) is 11.3 Å². The van der Waals surface area contributed by atoms with Gasteiger partial charge in [-0.1, -0.05) is 29.3 Å². The van der Waals surface area contributed by atoms with Gasteiger partial charge in [0.25, 0.3) is 0 Å². The maximum Gasteiger partial charge on any atom is 0.573 e. The van der Waals surface area contributed by atoms with E-state index in [-0.39, 0.29) is 4.90 Å². The summed E-state index contributed by atoms with van der Waals surface area (Å²) >= 11 is 13.7. The van der Waals surface area contributed by atoms with Crippen LogP contribution in [0.5, 0.6) is 5.75 Å². The predicted molar refractivity (Wildman–Crippen MR) is 127 cm³/mol. The molecule has 0 N–H and O–H groups in total. The van der Waals surface area contributed by atoms with Crippen LogP contribution in [0.2, 0.25) is 10.0 Å². The Morgan fingerprint density at radius 1 is 1.09 bits per heavy atom. The number of hydrogen-bond acceptors (Lipinski definition) is 6. The molecule has 2 heterocycles. The lowest BCUT2D eigenvalue weighted by Gasteiger charge is -2.31. The highest BCUT2D eigenvalue weighted by Gasteiger charge is 2.33. The lowest BCUT2D eigenvalue weighted by atomic mass is 10.1. The Morgan fingerprint density at radius 2 is 1.76 bits per heavy atom. The molecule has 182 valence electrons. The maximum absolute atomic E-state index is 13.0. The van der Waals surface area contributed by atoms with Gasteiger partial charge in [-0.2, -0.15) is 0 Å². The predicted octanol–water partition coefficient (Wildman–Crippen LogP) is 6.38. The van der Waals surface area contributed by atoms with E-state index in [4.69, 9.17) is 23.2 Å². The number of sulfone groups is 1. The van der Waals surface area contributed by atoms with Crippen molar-refractivity contribution in [2.45, 2.75) is 35.8 Å². The van der Waals surface area contributed by atoms with E-state index in [2.05, 4.69) is 9.72 Å². The van der Waals surface area contributed by atoms with Gasteiger partial charge in [0.05, 0.1) is 15.8 Å². The normalized spacial score (nSPS) is 15.5. The second-order valence-electron chi connectivity index (χ2n) is 7.78. The molecule has 0 atom stereocenters. The van der Waals surface area contributed by atoms with Gasteiger partial charge < -0.3 is 9.64 Å². The van der Waals surface area contributed by atoms with Gasteiger partial charge in [0.1, 0.15) is 5.75 Å². The molecule has 5 nitrogen and oxygen atoms in total. The van der Waals surface area contributed by atoms with E-state index >= 15 is 0 Å². The standard InChI is InChI=1S/C22H19Cl2F3N2O3S2/c23-15-2-1-14(20(24)12-15)11-16-13-33-21(28-16)29-9-7-19(8-10-29)34(30,31)18-5-3-17(4-6-18)32-22(25,26)27/h1-6,12-13,19H,7-11H2. The zero-order valence-electron chi connectivity index (χ0n) is 17.6. The van der Waals surface area contributed by atoms with Crippen LogP contribution in [0.15, 0.2) is 52.7 Å². The molecular formula is C22H19Cl2F3N2O3S2. The molecule has 0 saturated carbocycles. The second-order valence-corrected chi connectivity index (χ2v) is 11.7. The molecule has 1 fully saturated rings. The number of anilines is 1. The van der Waals surface area contributed by atoms with E-state index in [1.54, 1.807) is 12.1 Å². The molecule has 2 aromatic carbocycles. The second kappa shape index (κ2) is 9.93. The maximum atomic E-state index is 13.0. The first kappa shape index (κ1) is 25.1. The van der Waals surface area contributed by atoms with Crippen molar-refractivity contribution in [3.8, 4) is 5.75 Å². The lowest BCUT2D eigenvalue weighted by molar-refractivity contribution is -0.274. The van der Waals surface area contributed by atoms with Gasteiger partial charge in [0.15, 0.2) is 15.0 Å². The summed E-state index contributed by atoms with van der Waals surface area (Å²) in [4.78, 5) is 6.70. The van der Waals surface area contributed by atoms with Crippen molar-refractivity contribution in [2.24, 2.45) is 0 Å². The Labute approximate surface area is 209 Å². The molecular weight excluding hydrogens is 532 g/mol. The summed E-state index contributed by atoms with van der Waals surface area (Å²) in [5.74, 6) is -0.458.